The van der Waals surface area contributed by atoms with E-state index in [1.165, 1.54) is 25.3 Å². The van der Waals surface area contributed by atoms with Crippen LogP contribution in [0.3, 0.4) is 0 Å². The van der Waals surface area contributed by atoms with Crippen LogP contribution in [0.1, 0.15) is 0 Å². The lowest BCUT2D eigenvalue weighted by molar-refractivity contribution is -0.0677. The second kappa shape index (κ2) is 4.74. The summed E-state index contributed by atoms with van der Waals surface area (Å²) in [6.07, 6.45) is -5.80. The van der Waals surface area contributed by atoms with Crippen LogP contribution in [-0.2, 0) is 0 Å². The maximum atomic E-state index is 12.5. The Morgan fingerprint density at radius 2 is 1.64 bits per heavy atom. The number of hydrogen-bond acceptors (Lipinski definition) is 2. The summed E-state index contributed by atoms with van der Waals surface area (Å²) in [5, 5.41) is 0. The Hall–Kier alpha value is -1.39. The minimum absolute atomic E-state index is 0.0391. The predicted molar refractivity (Wildman–Crippen MR) is 44.5 cm³/mol. The van der Waals surface area contributed by atoms with Crippen molar-refractivity contribution in [3.63, 3.8) is 0 Å². The number of para-hydroxylation sites is 2. The first kappa shape index (κ1) is 10.7. The lowest BCUT2D eigenvalue weighted by atomic mass is 10.3. The number of alkyl halides is 3. The Morgan fingerprint density at radius 3 is 2.14 bits per heavy atom. The van der Waals surface area contributed by atoms with E-state index in [9.17, 15) is 13.2 Å². The van der Waals surface area contributed by atoms with Gasteiger partial charge in [-0.25, -0.2) is 8.78 Å². The fourth-order valence-electron chi connectivity index (χ4n) is 0.889. The molecule has 0 saturated carbocycles. The largest absolute Gasteiger partial charge is 0.493 e. The summed E-state index contributed by atoms with van der Waals surface area (Å²) in [5.41, 5.74) is 0. The first-order chi connectivity index (χ1) is 6.65. The van der Waals surface area contributed by atoms with Crippen LogP contribution in [-0.4, -0.2) is 19.9 Å². The van der Waals surface area contributed by atoms with Gasteiger partial charge in [0.05, 0.1) is 7.11 Å². The summed E-state index contributed by atoms with van der Waals surface area (Å²) >= 11 is 0. The Balaban J connectivity index is 2.75. The zero-order chi connectivity index (χ0) is 10.6. The summed E-state index contributed by atoms with van der Waals surface area (Å²) in [6.45, 7) is 0. The molecule has 14 heavy (non-hydrogen) atoms. The summed E-state index contributed by atoms with van der Waals surface area (Å²) in [5.74, 6) is 0.179. The van der Waals surface area contributed by atoms with E-state index in [1.54, 1.807) is 6.07 Å². The SMILES string of the molecule is COc1ccccc1OC(F)C(F)F. The van der Waals surface area contributed by atoms with Crippen LogP contribution in [0.15, 0.2) is 24.3 Å². The molecule has 0 aromatic heterocycles. The number of halogens is 3. The third-order valence-electron chi connectivity index (χ3n) is 1.51. The number of ether oxygens (including phenoxy) is 2. The molecule has 1 atom stereocenters. The molecule has 1 aromatic rings. The van der Waals surface area contributed by atoms with Gasteiger partial charge in [-0.3, -0.25) is 0 Å². The van der Waals surface area contributed by atoms with E-state index in [-0.39, 0.29) is 11.5 Å². The van der Waals surface area contributed by atoms with Crippen molar-refractivity contribution < 1.29 is 22.6 Å². The zero-order valence-electron chi connectivity index (χ0n) is 7.41. The lowest BCUT2D eigenvalue weighted by Gasteiger charge is -2.12. The molecule has 0 saturated heterocycles. The fraction of sp³-hybridized carbons (Fsp3) is 0.333. The third-order valence-corrected chi connectivity index (χ3v) is 1.51. The number of rotatable bonds is 4. The van der Waals surface area contributed by atoms with E-state index in [4.69, 9.17) is 4.74 Å². The molecule has 1 aromatic carbocycles. The fourth-order valence-corrected chi connectivity index (χ4v) is 0.889. The van der Waals surface area contributed by atoms with Gasteiger partial charge >= 0.3 is 6.43 Å². The van der Waals surface area contributed by atoms with Gasteiger partial charge in [-0.15, -0.1) is 0 Å². The maximum absolute atomic E-state index is 12.5. The molecule has 1 unspecified atom stereocenters. The normalized spacial score (nSPS) is 12.6. The van der Waals surface area contributed by atoms with Crippen LogP contribution in [0.25, 0.3) is 0 Å². The molecule has 0 bridgehead atoms. The van der Waals surface area contributed by atoms with Crippen molar-refractivity contribution in [3.05, 3.63) is 24.3 Å². The van der Waals surface area contributed by atoms with Crippen LogP contribution in [0.5, 0.6) is 11.5 Å². The number of benzene rings is 1. The molecule has 0 radical (unpaired) electrons. The highest BCUT2D eigenvalue weighted by atomic mass is 19.3. The molecule has 0 aliphatic rings. The van der Waals surface area contributed by atoms with Gasteiger partial charge in [0.15, 0.2) is 11.5 Å². The quantitative estimate of drug-likeness (QED) is 0.753. The van der Waals surface area contributed by atoms with Gasteiger partial charge in [-0.2, -0.15) is 4.39 Å². The molecule has 0 spiro atoms. The molecule has 5 heteroatoms. The van der Waals surface area contributed by atoms with Crippen LogP contribution < -0.4 is 9.47 Å². The molecule has 1 rings (SSSR count). The minimum atomic E-state index is -3.17. The predicted octanol–water partition coefficient (Wildman–Crippen LogP) is 2.63. The Labute approximate surface area is 79.2 Å². The van der Waals surface area contributed by atoms with E-state index in [2.05, 4.69) is 4.74 Å². The molecule has 2 nitrogen and oxygen atoms in total. The first-order valence-electron chi connectivity index (χ1n) is 3.87. The minimum Gasteiger partial charge on any atom is -0.493 e. The molecule has 0 heterocycles. The van der Waals surface area contributed by atoms with Crippen LogP contribution >= 0.6 is 0 Å². The summed E-state index contributed by atoms with van der Waals surface area (Å²) in [7, 11) is 1.35. The van der Waals surface area contributed by atoms with Crippen molar-refractivity contribution in [2.75, 3.05) is 7.11 Å². The smallest absolute Gasteiger partial charge is 0.304 e. The second-order valence-corrected chi connectivity index (χ2v) is 2.45. The van der Waals surface area contributed by atoms with Crippen molar-refractivity contribution >= 4 is 0 Å². The Bertz CT molecular complexity index is 291. The third kappa shape index (κ3) is 2.55. The Morgan fingerprint density at radius 1 is 1.07 bits per heavy atom. The standard InChI is InChI=1S/C9H9F3O2/c1-13-6-4-2-3-5-7(6)14-9(12)8(10)11/h2-5,8-9H,1H3. The van der Waals surface area contributed by atoms with Crippen molar-refractivity contribution in [3.8, 4) is 11.5 Å². The zero-order valence-corrected chi connectivity index (χ0v) is 7.41. The van der Waals surface area contributed by atoms with Crippen molar-refractivity contribution in [2.45, 2.75) is 12.8 Å². The van der Waals surface area contributed by atoms with Crippen LogP contribution in [0.2, 0.25) is 0 Å². The first-order valence-corrected chi connectivity index (χ1v) is 3.87. The van der Waals surface area contributed by atoms with Gasteiger partial charge in [0.2, 0.25) is 0 Å². The van der Waals surface area contributed by atoms with Gasteiger partial charge in [-0.1, -0.05) is 12.1 Å². The highest BCUT2D eigenvalue weighted by molar-refractivity contribution is 5.39. The maximum Gasteiger partial charge on any atom is 0.304 e. The van der Waals surface area contributed by atoms with Gasteiger partial charge in [-0.05, 0) is 12.1 Å². The molecule has 78 valence electrons. The van der Waals surface area contributed by atoms with E-state index in [1.807, 2.05) is 0 Å². The average Bonchev–Trinajstić information content (AvgIpc) is 2.18. The molecule has 0 N–H and O–H groups in total. The summed E-state index contributed by atoms with van der Waals surface area (Å²) in [6, 6.07) is 6.01. The Kier molecular flexibility index (Phi) is 3.62. The van der Waals surface area contributed by atoms with Gasteiger partial charge < -0.3 is 9.47 Å². The van der Waals surface area contributed by atoms with Crippen LogP contribution in [0, 0.1) is 0 Å². The van der Waals surface area contributed by atoms with Gasteiger partial charge in [0, 0.05) is 0 Å². The molecule has 0 amide bonds. The van der Waals surface area contributed by atoms with Gasteiger partial charge in [0.25, 0.3) is 6.36 Å². The highest BCUT2D eigenvalue weighted by Crippen LogP contribution is 2.27. The van der Waals surface area contributed by atoms with Crippen molar-refractivity contribution in [1.82, 2.24) is 0 Å². The van der Waals surface area contributed by atoms with Gasteiger partial charge in [0.1, 0.15) is 0 Å². The second-order valence-electron chi connectivity index (χ2n) is 2.45. The summed E-state index contributed by atoms with van der Waals surface area (Å²) in [4.78, 5) is 0. The number of methoxy groups -OCH3 is 1. The van der Waals surface area contributed by atoms with E-state index in [0.29, 0.717) is 0 Å². The van der Waals surface area contributed by atoms with E-state index >= 15 is 0 Å². The van der Waals surface area contributed by atoms with Crippen LogP contribution in [0.4, 0.5) is 13.2 Å². The molecule has 0 fully saturated rings. The number of hydrogen-bond donors (Lipinski definition) is 0. The van der Waals surface area contributed by atoms with E-state index in [0.717, 1.165) is 0 Å². The van der Waals surface area contributed by atoms with E-state index < -0.39 is 12.8 Å². The average molecular weight is 206 g/mol. The molecular weight excluding hydrogens is 197 g/mol. The highest BCUT2D eigenvalue weighted by Gasteiger charge is 2.21. The lowest BCUT2D eigenvalue weighted by Crippen LogP contribution is -2.19. The topological polar surface area (TPSA) is 18.5 Å². The van der Waals surface area contributed by atoms with Crippen molar-refractivity contribution in [1.29, 1.82) is 0 Å². The van der Waals surface area contributed by atoms with Crippen molar-refractivity contribution in [2.24, 2.45) is 0 Å². The summed E-state index contributed by atoms with van der Waals surface area (Å²) < 4.78 is 45.3. The molecular formula is C9H9F3O2. The monoisotopic (exact) mass is 206 g/mol. The molecule has 0 aliphatic heterocycles. The molecule has 0 aliphatic carbocycles.